The van der Waals surface area contributed by atoms with Crippen LogP contribution in [0.5, 0.6) is 0 Å². The van der Waals surface area contributed by atoms with E-state index in [2.05, 4.69) is 5.32 Å². The minimum absolute atomic E-state index is 0.306. The number of nitrogens with zero attached hydrogens (tertiary/aromatic N) is 1. The third kappa shape index (κ3) is 3.30. The zero-order valence-electron chi connectivity index (χ0n) is 17.6. The molecule has 3 aromatic carbocycles. The lowest BCUT2D eigenvalue weighted by Crippen LogP contribution is -2.33. The fourth-order valence-corrected chi connectivity index (χ4v) is 3.69. The molecule has 1 heterocycles. The Bertz CT molecular complexity index is 1210. The van der Waals surface area contributed by atoms with Crippen LogP contribution in [0, 0.1) is 27.7 Å². The van der Waals surface area contributed by atoms with Gasteiger partial charge in [-0.15, -0.1) is 0 Å². The van der Waals surface area contributed by atoms with Gasteiger partial charge in [-0.3, -0.25) is 9.59 Å². The molecule has 0 aromatic heterocycles. The molecule has 0 bridgehead atoms. The zero-order valence-corrected chi connectivity index (χ0v) is 17.6. The SMILES string of the molecule is Cc1ccc(C2=C(Nc3ccccc3C)C(=O)N(c3ccccc3C)C2=O)cc1C. The van der Waals surface area contributed by atoms with E-state index in [4.69, 9.17) is 0 Å². The number of hydrogen-bond acceptors (Lipinski definition) is 3. The van der Waals surface area contributed by atoms with Crippen molar-refractivity contribution in [1.29, 1.82) is 0 Å². The van der Waals surface area contributed by atoms with Gasteiger partial charge in [-0.1, -0.05) is 54.6 Å². The lowest BCUT2D eigenvalue weighted by Gasteiger charge is -2.18. The quantitative estimate of drug-likeness (QED) is 0.608. The molecule has 1 aliphatic rings. The van der Waals surface area contributed by atoms with E-state index >= 15 is 0 Å². The largest absolute Gasteiger partial charge is 0.350 e. The maximum Gasteiger partial charge on any atom is 0.282 e. The third-order valence-corrected chi connectivity index (χ3v) is 5.64. The first-order valence-corrected chi connectivity index (χ1v) is 9.97. The van der Waals surface area contributed by atoms with Crippen molar-refractivity contribution in [3.8, 4) is 0 Å². The van der Waals surface area contributed by atoms with Crippen molar-refractivity contribution >= 4 is 28.8 Å². The molecule has 4 heteroatoms. The smallest absolute Gasteiger partial charge is 0.282 e. The first kappa shape index (κ1) is 19.6. The molecule has 150 valence electrons. The first-order chi connectivity index (χ1) is 14.4. The van der Waals surface area contributed by atoms with Crippen LogP contribution in [-0.2, 0) is 9.59 Å². The first-order valence-electron chi connectivity index (χ1n) is 9.97. The van der Waals surface area contributed by atoms with Crippen LogP contribution in [0.3, 0.4) is 0 Å². The topological polar surface area (TPSA) is 49.4 Å². The number of nitrogens with one attached hydrogen (secondary N) is 1. The van der Waals surface area contributed by atoms with Gasteiger partial charge in [-0.05, 0) is 67.6 Å². The number of rotatable bonds is 4. The van der Waals surface area contributed by atoms with Gasteiger partial charge in [0.1, 0.15) is 5.70 Å². The number of para-hydroxylation sites is 2. The Morgan fingerprint density at radius 3 is 2.00 bits per heavy atom. The van der Waals surface area contributed by atoms with Crippen LogP contribution in [0.2, 0.25) is 0 Å². The summed E-state index contributed by atoms with van der Waals surface area (Å²) in [5.74, 6) is -0.653. The summed E-state index contributed by atoms with van der Waals surface area (Å²) >= 11 is 0. The van der Waals surface area contributed by atoms with Gasteiger partial charge in [-0.2, -0.15) is 0 Å². The summed E-state index contributed by atoms with van der Waals surface area (Å²) in [6.45, 7) is 7.91. The number of imide groups is 1. The highest BCUT2D eigenvalue weighted by molar-refractivity contribution is 6.46. The minimum Gasteiger partial charge on any atom is -0.350 e. The van der Waals surface area contributed by atoms with Crippen LogP contribution in [0.25, 0.3) is 5.57 Å². The van der Waals surface area contributed by atoms with E-state index in [-0.39, 0.29) is 11.8 Å². The average Bonchev–Trinajstić information content (AvgIpc) is 2.96. The van der Waals surface area contributed by atoms with Crippen LogP contribution in [-0.4, -0.2) is 11.8 Å². The third-order valence-electron chi connectivity index (χ3n) is 5.64. The summed E-state index contributed by atoms with van der Waals surface area (Å²) < 4.78 is 0. The summed E-state index contributed by atoms with van der Waals surface area (Å²) in [7, 11) is 0. The number of amides is 2. The Kier molecular flexibility index (Phi) is 5.00. The summed E-state index contributed by atoms with van der Waals surface area (Å²) in [6.07, 6.45) is 0. The van der Waals surface area contributed by atoms with Crippen molar-refractivity contribution in [3.63, 3.8) is 0 Å². The van der Waals surface area contributed by atoms with Gasteiger partial charge in [0.2, 0.25) is 0 Å². The van der Waals surface area contributed by atoms with E-state index < -0.39 is 0 Å². The number of carbonyl (C=O) groups excluding carboxylic acids is 2. The molecule has 0 saturated heterocycles. The second-order valence-electron chi connectivity index (χ2n) is 7.72. The molecule has 0 radical (unpaired) electrons. The number of carbonyl (C=O) groups is 2. The fraction of sp³-hybridized carbons (Fsp3) is 0.154. The fourth-order valence-electron chi connectivity index (χ4n) is 3.69. The van der Waals surface area contributed by atoms with E-state index in [0.29, 0.717) is 17.0 Å². The van der Waals surface area contributed by atoms with Crippen LogP contribution in [0.1, 0.15) is 27.8 Å². The Morgan fingerprint density at radius 2 is 1.33 bits per heavy atom. The minimum atomic E-state index is -0.342. The van der Waals surface area contributed by atoms with Crippen LogP contribution in [0.4, 0.5) is 11.4 Å². The number of hydrogen-bond donors (Lipinski definition) is 1. The molecule has 30 heavy (non-hydrogen) atoms. The number of benzene rings is 3. The summed E-state index contributed by atoms with van der Waals surface area (Å²) in [5.41, 5.74) is 6.94. The van der Waals surface area contributed by atoms with Crippen molar-refractivity contribution in [2.75, 3.05) is 10.2 Å². The van der Waals surface area contributed by atoms with Crippen molar-refractivity contribution in [2.24, 2.45) is 0 Å². The molecular formula is C26H24N2O2. The highest BCUT2D eigenvalue weighted by atomic mass is 16.2. The van der Waals surface area contributed by atoms with Gasteiger partial charge < -0.3 is 5.32 Å². The monoisotopic (exact) mass is 396 g/mol. The second kappa shape index (κ2) is 7.64. The van der Waals surface area contributed by atoms with E-state index in [1.165, 1.54) is 4.90 Å². The molecule has 4 nitrogen and oxygen atoms in total. The summed E-state index contributed by atoms with van der Waals surface area (Å²) in [6, 6.07) is 21.0. The maximum absolute atomic E-state index is 13.6. The normalized spacial score (nSPS) is 13.9. The van der Waals surface area contributed by atoms with Crippen LogP contribution in [0.15, 0.2) is 72.4 Å². The van der Waals surface area contributed by atoms with Gasteiger partial charge in [0.05, 0.1) is 11.3 Å². The predicted octanol–water partition coefficient (Wildman–Crippen LogP) is 5.32. The molecule has 0 saturated carbocycles. The van der Waals surface area contributed by atoms with Gasteiger partial charge in [0.25, 0.3) is 11.8 Å². The highest BCUT2D eigenvalue weighted by Gasteiger charge is 2.40. The summed E-state index contributed by atoms with van der Waals surface area (Å²) in [4.78, 5) is 28.3. The second-order valence-corrected chi connectivity index (χ2v) is 7.72. The molecule has 3 aromatic rings. The van der Waals surface area contributed by atoms with Crippen molar-refractivity contribution in [1.82, 2.24) is 0 Å². The molecule has 0 unspecified atom stereocenters. The predicted molar refractivity (Wildman–Crippen MR) is 121 cm³/mol. The Labute approximate surface area is 176 Å². The molecule has 0 atom stereocenters. The Morgan fingerprint density at radius 1 is 0.667 bits per heavy atom. The van der Waals surface area contributed by atoms with Crippen molar-refractivity contribution in [3.05, 3.63) is 100 Å². The number of anilines is 2. The van der Waals surface area contributed by atoms with Crippen molar-refractivity contribution < 1.29 is 9.59 Å². The van der Waals surface area contributed by atoms with Gasteiger partial charge >= 0.3 is 0 Å². The molecule has 4 rings (SSSR count). The maximum atomic E-state index is 13.6. The molecule has 0 fully saturated rings. The van der Waals surface area contributed by atoms with Crippen LogP contribution >= 0.6 is 0 Å². The molecule has 1 N–H and O–H groups in total. The summed E-state index contributed by atoms with van der Waals surface area (Å²) in [5, 5.41) is 3.26. The lowest BCUT2D eigenvalue weighted by atomic mass is 9.99. The van der Waals surface area contributed by atoms with Crippen molar-refractivity contribution in [2.45, 2.75) is 27.7 Å². The Hall–Kier alpha value is -3.66. The number of aryl methyl sites for hydroxylation is 4. The standard InChI is InChI=1S/C26H24N2O2/c1-16-13-14-20(15-19(16)4)23-24(27-21-11-7-5-9-17(21)2)26(30)28(25(23)29)22-12-8-6-10-18(22)3/h5-15,27H,1-4H3. The Balaban J connectivity index is 1.89. The van der Waals surface area contributed by atoms with Gasteiger partial charge in [0, 0.05) is 5.69 Å². The van der Waals surface area contributed by atoms with Crippen LogP contribution < -0.4 is 10.2 Å². The van der Waals surface area contributed by atoms with E-state index in [1.807, 2.05) is 88.4 Å². The average molecular weight is 396 g/mol. The highest BCUT2D eigenvalue weighted by Crippen LogP contribution is 2.35. The van der Waals surface area contributed by atoms with E-state index in [9.17, 15) is 9.59 Å². The van der Waals surface area contributed by atoms with Gasteiger partial charge in [0.15, 0.2) is 0 Å². The lowest BCUT2D eigenvalue weighted by molar-refractivity contribution is -0.120. The molecule has 0 aliphatic carbocycles. The molecule has 1 aliphatic heterocycles. The van der Waals surface area contributed by atoms with E-state index in [1.54, 1.807) is 6.07 Å². The van der Waals surface area contributed by atoms with Gasteiger partial charge in [-0.25, -0.2) is 4.90 Å². The molecule has 0 spiro atoms. The molecule has 2 amide bonds. The molecular weight excluding hydrogens is 372 g/mol. The zero-order chi connectivity index (χ0) is 21.4. The van der Waals surface area contributed by atoms with E-state index in [0.717, 1.165) is 33.5 Å².